The first-order valence-corrected chi connectivity index (χ1v) is 33.9. The standard InChI is InChI=1S/C29H39O.C29H29.C2H7Si.Zr/c1-18-12-19-16-24(29(8,9)10)26(30-11)25(23(19)13-18)20-14-21(27(2,3)4)17-22(15-20)28(5,6)7;1-17-9-18(2)12-22(11-17)28-24-7-6-8-25(24)29(27-16-21(5)15-26(27)28)23-13-19(3)10-20(4)14-23;1-3-2;/h12-17H,1-11H3;9-16H,6-8H2,1-5H3;3H,1-2H3;. The van der Waals surface area contributed by atoms with Gasteiger partial charge in [-0.3, -0.25) is 0 Å². The van der Waals surface area contributed by atoms with Gasteiger partial charge in [-0.1, -0.05) is 0 Å². The number of rotatable bonds is 7. The van der Waals surface area contributed by atoms with E-state index >= 15 is 0 Å². The number of ether oxygens (including phenoxy) is 1. The Hall–Kier alpha value is -3.52. The van der Waals surface area contributed by atoms with Gasteiger partial charge < -0.3 is 0 Å². The van der Waals surface area contributed by atoms with Gasteiger partial charge in [0.05, 0.1) is 0 Å². The van der Waals surface area contributed by atoms with Gasteiger partial charge in [0.25, 0.3) is 0 Å². The summed E-state index contributed by atoms with van der Waals surface area (Å²) in [5.74, 6) is -0.140. The van der Waals surface area contributed by atoms with Crippen molar-refractivity contribution in [2.75, 3.05) is 7.11 Å². The van der Waals surface area contributed by atoms with Crippen molar-refractivity contribution in [1.29, 1.82) is 0 Å². The van der Waals surface area contributed by atoms with Crippen LogP contribution >= 0.6 is 0 Å². The average molecular weight is 932 g/mol. The van der Waals surface area contributed by atoms with Crippen molar-refractivity contribution in [1.82, 2.24) is 0 Å². The van der Waals surface area contributed by atoms with Crippen molar-refractivity contribution in [2.24, 2.45) is 0 Å². The third-order valence-electron chi connectivity index (χ3n) is 14.6. The quantitative estimate of drug-likeness (QED) is 0.148. The van der Waals surface area contributed by atoms with Crippen molar-refractivity contribution in [3.05, 3.63) is 144 Å². The van der Waals surface area contributed by atoms with Gasteiger partial charge in [0, 0.05) is 0 Å². The summed E-state index contributed by atoms with van der Waals surface area (Å²) in [6.07, 6.45) is 8.90. The number of methoxy groups -OCH3 is 1. The zero-order valence-corrected chi connectivity index (χ0v) is 45.8. The van der Waals surface area contributed by atoms with Gasteiger partial charge in [-0.2, -0.15) is 0 Å². The summed E-state index contributed by atoms with van der Waals surface area (Å²) >= 11 is -2.55. The van der Waals surface area contributed by atoms with E-state index in [9.17, 15) is 0 Å². The minimum absolute atomic E-state index is 0.00984. The fourth-order valence-electron chi connectivity index (χ4n) is 11.8. The van der Waals surface area contributed by atoms with E-state index < -0.39 is 26.8 Å². The van der Waals surface area contributed by atoms with Crippen LogP contribution in [0, 0.1) is 27.7 Å². The van der Waals surface area contributed by atoms with Crippen LogP contribution in [0.5, 0.6) is 5.75 Å². The third-order valence-corrected chi connectivity index (χ3v) is 36.7. The molecule has 1 nitrogen and oxygen atoms in total. The number of aryl methyl sites for hydroxylation is 4. The van der Waals surface area contributed by atoms with E-state index in [0.29, 0.717) is 7.25 Å². The van der Waals surface area contributed by atoms with Crippen LogP contribution in [0.3, 0.4) is 0 Å². The second-order valence-electron chi connectivity index (χ2n) is 23.3. The Morgan fingerprint density at radius 3 is 1.46 bits per heavy atom. The molecule has 0 amide bonds. The van der Waals surface area contributed by atoms with Crippen molar-refractivity contribution in [3.63, 3.8) is 0 Å². The zero-order chi connectivity index (χ0) is 45.8. The molecule has 3 heteroatoms. The van der Waals surface area contributed by atoms with E-state index in [2.05, 4.69) is 190 Å². The molecule has 0 heterocycles. The Morgan fingerprint density at radius 1 is 0.524 bits per heavy atom. The summed E-state index contributed by atoms with van der Waals surface area (Å²) in [7, 11) is 1.91. The summed E-state index contributed by atoms with van der Waals surface area (Å²) in [6.45, 7) is 41.0. The van der Waals surface area contributed by atoms with Gasteiger partial charge >= 0.3 is 394 Å². The van der Waals surface area contributed by atoms with Crippen LogP contribution in [0.1, 0.15) is 162 Å². The normalized spacial score (nSPS) is 17.2. The fourth-order valence-corrected chi connectivity index (χ4v) is 35.0. The molecule has 5 aromatic carbocycles. The van der Waals surface area contributed by atoms with Crippen molar-refractivity contribution < 1.29 is 25.6 Å². The van der Waals surface area contributed by atoms with Crippen LogP contribution in [0.2, 0.25) is 13.1 Å². The number of hydrogen-bond acceptors (Lipinski definition) is 1. The molecule has 0 saturated heterocycles. The van der Waals surface area contributed by atoms with E-state index in [-0.39, 0.29) is 16.2 Å². The molecule has 63 heavy (non-hydrogen) atoms. The van der Waals surface area contributed by atoms with Gasteiger partial charge in [0.15, 0.2) is 0 Å². The van der Waals surface area contributed by atoms with Crippen molar-refractivity contribution in [3.8, 4) is 39.1 Å². The molecule has 5 aromatic rings. The van der Waals surface area contributed by atoms with Crippen molar-refractivity contribution in [2.45, 2.75) is 160 Å². The molecule has 8 rings (SSSR count). The molecule has 0 bridgehead atoms. The van der Waals surface area contributed by atoms with Crippen LogP contribution in [-0.4, -0.2) is 13.0 Å². The molecule has 2 unspecified atom stereocenters. The van der Waals surface area contributed by atoms with Crippen LogP contribution in [0.4, 0.5) is 0 Å². The topological polar surface area (TPSA) is 9.23 Å². The Kier molecular flexibility index (Phi) is 12.0. The first kappa shape index (κ1) is 46.0. The van der Waals surface area contributed by atoms with Gasteiger partial charge in [0.2, 0.25) is 0 Å². The first-order valence-electron chi connectivity index (χ1n) is 23.9. The number of hydrogen-bond donors (Lipinski definition) is 0. The molecule has 0 aromatic heterocycles. The SMILES string of the molecule is COc1c(C(C)(C)C)cc2c(c1-c1cc(C(C)(C)C)cc(C(C)(C)C)c1)C=C(C)[CH]2[Zr]([CH]1C(C)=Cc2c(-c3cc(C)cc(C)c3)c3c(c(-c4cc(C)cc(C)c4)c21)CCC3)[SiH](C)C. The molecular formula is C60H75OSiZr. The molecule has 3 aliphatic rings. The molecule has 329 valence electrons. The van der Waals surface area contributed by atoms with E-state index in [1.165, 1.54) is 79.6 Å². The maximum absolute atomic E-state index is 6.66. The second-order valence-corrected chi connectivity index (χ2v) is 43.4. The van der Waals surface area contributed by atoms with Gasteiger partial charge in [-0.25, -0.2) is 0 Å². The Labute approximate surface area is 391 Å². The first-order chi connectivity index (χ1) is 29.4. The summed E-state index contributed by atoms with van der Waals surface area (Å²) in [5, 5.41) is 0. The third kappa shape index (κ3) is 8.24. The van der Waals surface area contributed by atoms with E-state index in [1.807, 2.05) is 7.11 Å². The minimum atomic E-state index is -2.55. The molecule has 0 spiro atoms. The van der Waals surface area contributed by atoms with Crippen LogP contribution in [0.25, 0.3) is 45.5 Å². The predicted molar refractivity (Wildman–Crippen MR) is 274 cm³/mol. The average Bonchev–Trinajstić information content (AvgIpc) is 3.86. The van der Waals surface area contributed by atoms with Gasteiger partial charge in [0.1, 0.15) is 0 Å². The molecule has 0 N–H and O–H groups in total. The van der Waals surface area contributed by atoms with Gasteiger partial charge in [-0.15, -0.1) is 0 Å². The summed E-state index contributed by atoms with van der Waals surface area (Å²) in [4.78, 5) is 0. The molecule has 0 radical (unpaired) electrons. The number of benzene rings is 5. The monoisotopic (exact) mass is 929 g/mol. The van der Waals surface area contributed by atoms with E-state index in [1.54, 1.807) is 50.1 Å². The maximum atomic E-state index is 6.66. The summed E-state index contributed by atoms with van der Waals surface area (Å²) in [5.41, 5.74) is 30.8. The molecular weight excluding hydrogens is 856 g/mol. The Balaban J connectivity index is 1.44. The van der Waals surface area contributed by atoms with E-state index in [0.717, 1.165) is 12.2 Å². The summed E-state index contributed by atoms with van der Waals surface area (Å²) < 4.78 is 7.67. The van der Waals surface area contributed by atoms with E-state index in [4.69, 9.17) is 4.74 Å². The Bertz CT molecular complexity index is 2660. The molecule has 0 saturated carbocycles. The summed E-state index contributed by atoms with van der Waals surface area (Å²) in [6, 6.07) is 24.8. The van der Waals surface area contributed by atoms with Crippen molar-refractivity contribution >= 4 is 18.1 Å². The zero-order valence-electron chi connectivity index (χ0n) is 42.2. The van der Waals surface area contributed by atoms with Gasteiger partial charge in [-0.05, 0) is 0 Å². The second kappa shape index (κ2) is 16.4. The van der Waals surface area contributed by atoms with Crippen LogP contribution < -0.4 is 4.74 Å². The fraction of sp³-hybridized carbons (Fsp3) is 0.433. The number of fused-ring (bicyclic) bond motifs is 3. The van der Waals surface area contributed by atoms with Crippen LogP contribution in [0.15, 0.2) is 71.8 Å². The van der Waals surface area contributed by atoms with Crippen LogP contribution in [-0.2, 0) is 50.0 Å². The molecule has 0 aliphatic heterocycles. The molecule has 3 aliphatic carbocycles. The molecule has 2 atom stereocenters. The Morgan fingerprint density at radius 2 is 0.984 bits per heavy atom. The predicted octanol–water partition coefficient (Wildman–Crippen LogP) is 16.5. The number of allylic oxidation sites excluding steroid dienone is 2. The molecule has 0 fully saturated rings.